The third-order valence-corrected chi connectivity index (χ3v) is 2.19. The summed E-state index contributed by atoms with van der Waals surface area (Å²) in [6.07, 6.45) is 0.505. The molecule has 3 nitrogen and oxygen atoms in total. The van der Waals surface area contributed by atoms with Crippen LogP contribution in [0.5, 0.6) is 5.75 Å². The molecule has 0 saturated heterocycles. The molecule has 1 N–H and O–H groups in total. The number of rotatable bonds is 5. The Morgan fingerprint density at radius 3 is 2.76 bits per heavy atom. The molecule has 1 aromatic carbocycles. The van der Waals surface area contributed by atoms with Gasteiger partial charge in [-0.2, -0.15) is 0 Å². The van der Waals surface area contributed by atoms with Gasteiger partial charge in [0.05, 0.1) is 13.2 Å². The topological polar surface area (TPSA) is 38.7 Å². The Morgan fingerprint density at radius 1 is 1.29 bits per heavy atom. The first kappa shape index (κ1) is 13.6. The van der Waals surface area contributed by atoms with Crippen molar-refractivity contribution in [1.82, 2.24) is 0 Å². The minimum Gasteiger partial charge on any atom is -0.491 e. The third kappa shape index (κ3) is 4.90. The lowest BCUT2D eigenvalue weighted by Gasteiger charge is -2.08. The fourth-order valence-corrected chi connectivity index (χ4v) is 1.34. The van der Waals surface area contributed by atoms with E-state index in [1.807, 2.05) is 25.1 Å². The molecule has 0 radical (unpaired) electrons. The van der Waals surface area contributed by atoms with Gasteiger partial charge in [-0.1, -0.05) is 11.8 Å². The highest BCUT2D eigenvalue weighted by Crippen LogP contribution is 2.18. The van der Waals surface area contributed by atoms with Crippen molar-refractivity contribution < 1.29 is 14.6 Å². The van der Waals surface area contributed by atoms with Gasteiger partial charge in [0, 0.05) is 19.1 Å². The molecule has 0 amide bonds. The van der Waals surface area contributed by atoms with E-state index in [9.17, 15) is 0 Å². The van der Waals surface area contributed by atoms with Crippen LogP contribution in [0, 0.1) is 18.8 Å². The third-order valence-electron chi connectivity index (χ3n) is 2.19. The minimum atomic E-state index is 0.101. The molecule has 0 heterocycles. The lowest BCUT2D eigenvalue weighted by Crippen LogP contribution is -2.05. The summed E-state index contributed by atoms with van der Waals surface area (Å²) in [4.78, 5) is 0. The Morgan fingerprint density at radius 2 is 2.12 bits per heavy atom. The van der Waals surface area contributed by atoms with Gasteiger partial charge >= 0.3 is 0 Å². The van der Waals surface area contributed by atoms with E-state index < -0.39 is 0 Å². The van der Waals surface area contributed by atoms with Gasteiger partial charge in [0.2, 0.25) is 0 Å². The molecular formula is C14H18O3. The number of benzene rings is 1. The van der Waals surface area contributed by atoms with Gasteiger partial charge < -0.3 is 14.6 Å². The predicted octanol–water partition coefficient (Wildman–Crippen LogP) is 1.75. The van der Waals surface area contributed by atoms with Crippen LogP contribution in [0.2, 0.25) is 0 Å². The van der Waals surface area contributed by atoms with E-state index in [-0.39, 0.29) is 6.61 Å². The largest absolute Gasteiger partial charge is 0.491 e. The summed E-state index contributed by atoms with van der Waals surface area (Å²) in [5.74, 6) is 6.74. The Labute approximate surface area is 102 Å². The van der Waals surface area contributed by atoms with E-state index in [1.54, 1.807) is 7.11 Å². The van der Waals surface area contributed by atoms with E-state index in [0.717, 1.165) is 16.9 Å². The van der Waals surface area contributed by atoms with E-state index >= 15 is 0 Å². The minimum absolute atomic E-state index is 0.101. The summed E-state index contributed by atoms with van der Waals surface area (Å²) >= 11 is 0. The normalized spacial score (nSPS) is 9.59. The highest BCUT2D eigenvalue weighted by atomic mass is 16.5. The molecule has 0 aromatic heterocycles. The van der Waals surface area contributed by atoms with Crippen LogP contribution in [-0.4, -0.2) is 32.0 Å². The maximum Gasteiger partial charge on any atom is 0.122 e. The molecule has 1 rings (SSSR count). The fourth-order valence-electron chi connectivity index (χ4n) is 1.34. The van der Waals surface area contributed by atoms with E-state index in [4.69, 9.17) is 14.6 Å². The van der Waals surface area contributed by atoms with Crippen LogP contribution >= 0.6 is 0 Å². The van der Waals surface area contributed by atoms with Crippen LogP contribution in [0.25, 0.3) is 0 Å². The molecule has 0 saturated carbocycles. The van der Waals surface area contributed by atoms with Crippen molar-refractivity contribution in [2.75, 3.05) is 26.9 Å². The second-order valence-electron chi connectivity index (χ2n) is 3.60. The summed E-state index contributed by atoms with van der Waals surface area (Å²) in [5, 5.41) is 8.63. The zero-order valence-corrected chi connectivity index (χ0v) is 10.3. The Kier molecular flexibility index (Phi) is 6.16. The van der Waals surface area contributed by atoms with Gasteiger partial charge in [-0.25, -0.2) is 0 Å². The molecule has 0 aliphatic rings. The van der Waals surface area contributed by atoms with Gasteiger partial charge in [0.25, 0.3) is 0 Å². The van der Waals surface area contributed by atoms with E-state index in [2.05, 4.69) is 11.8 Å². The maximum absolute atomic E-state index is 8.63. The second-order valence-corrected chi connectivity index (χ2v) is 3.60. The van der Waals surface area contributed by atoms with Crippen LogP contribution in [0.15, 0.2) is 18.2 Å². The first-order chi connectivity index (χ1) is 8.27. The van der Waals surface area contributed by atoms with Gasteiger partial charge in [0.1, 0.15) is 12.4 Å². The van der Waals surface area contributed by atoms with Gasteiger partial charge in [-0.05, 0) is 30.7 Å². The number of aliphatic hydroxyl groups is 1. The molecule has 0 atom stereocenters. The number of hydrogen-bond donors (Lipinski definition) is 1. The number of aryl methyl sites for hydroxylation is 1. The highest BCUT2D eigenvalue weighted by Gasteiger charge is 1.99. The van der Waals surface area contributed by atoms with Gasteiger partial charge in [0.15, 0.2) is 0 Å². The van der Waals surface area contributed by atoms with Gasteiger partial charge in [-0.3, -0.25) is 0 Å². The monoisotopic (exact) mass is 234 g/mol. The van der Waals surface area contributed by atoms with Crippen LogP contribution < -0.4 is 4.74 Å². The standard InChI is InChI=1S/C14H18O3/c1-12-11-13(5-3-4-8-15)6-7-14(12)17-10-9-16-2/h6-7,11,15H,4,8-10H2,1-2H3. The van der Waals surface area contributed by atoms with E-state index in [1.165, 1.54) is 0 Å². The van der Waals surface area contributed by atoms with Gasteiger partial charge in [-0.15, -0.1) is 0 Å². The highest BCUT2D eigenvalue weighted by molar-refractivity contribution is 5.43. The molecular weight excluding hydrogens is 216 g/mol. The van der Waals surface area contributed by atoms with Crippen molar-refractivity contribution in [1.29, 1.82) is 0 Å². The van der Waals surface area contributed by atoms with Crippen molar-refractivity contribution in [3.8, 4) is 17.6 Å². The van der Waals surface area contributed by atoms with Crippen LogP contribution in [-0.2, 0) is 4.74 Å². The zero-order chi connectivity index (χ0) is 12.5. The van der Waals surface area contributed by atoms with Crippen LogP contribution in [0.3, 0.4) is 0 Å². The van der Waals surface area contributed by atoms with Crippen molar-refractivity contribution in [3.63, 3.8) is 0 Å². The molecule has 0 aliphatic carbocycles. The van der Waals surface area contributed by atoms with Crippen LogP contribution in [0.4, 0.5) is 0 Å². The summed E-state index contributed by atoms with van der Waals surface area (Å²) in [7, 11) is 1.65. The Hall–Kier alpha value is -1.50. The Bertz CT molecular complexity index is 402. The number of ether oxygens (including phenoxy) is 2. The van der Waals surface area contributed by atoms with E-state index in [0.29, 0.717) is 19.6 Å². The zero-order valence-electron chi connectivity index (χ0n) is 10.3. The summed E-state index contributed by atoms with van der Waals surface area (Å²) < 4.78 is 10.5. The maximum atomic E-state index is 8.63. The molecule has 0 aliphatic heterocycles. The number of aliphatic hydroxyl groups excluding tert-OH is 1. The predicted molar refractivity (Wildman–Crippen MR) is 67.1 cm³/mol. The van der Waals surface area contributed by atoms with Crippen LogP contribution in [0.1, 0.15) is 17.5 Å². The molecule has 0 fully saturated rings. The first-order valence-electron chi connectivity index (χ1n) is 5.60. The molecule has 0 unspecified atom stereocenters. The lowest BCUT2D eigenvalue weighted by molar-refractivity contribution is 0.146. The Balaban J connectivity index is 2.63. The molecule has 0 spiro atoms. The number of methoxy groups -OCH3 is 1. The second kappa shape index (κ2) is 7.72. The van der Waals surface area contributed by atoms with Crippen molar-refractivity contribution in [3.05, 3.63) is 29.3 Å². The summed E-state index contributed by atoms with van der Waals surface area (Å²) in [6.45, 7) is 3.22. The molecule has 0 bridgehead atoms. The van der Waals surface area contributed by atoms with Crippen molar-refractivity contribution >= 4 is 0 Å². The SMILES string of the molecule is COCCOc1ccc(C#CCCO)cc1C. The average Bonchev–Trinajstić information content (AvgIpc) is 2.32. The molecule has 1 aromatic rings. The smallest absolute Gasteiger partial charge is 0.122 e. The molecule has 17 heavy (non-hydrogen) atoms. The van der Waals surface area contributed by atoms with Crippen molar-refractivity contribution in [2.45, 2.75) is 13.3 Å². The molecule has 3 heteroatoms. The first-order valence-corrected chi connectivity index (χ1v) is 5.60. The summed E-state index contributed by atoms with van der Waals surface area (Å²) in [5.41, 5.74) is 1.99. The average molecular weight is 234 g/mol. The summed E-state index contributed by atoms with van der Waals surface area (Å²) in [6, 6.07) is 5.81. The fraction of sp³-hybridized carbons (Fsp3) is 0.429. The molecule has 92 valence electrons. The lowest BCUT2D eigenvalue weighted by atomic mass is 10.1. The quantitative estimate of drug-likeness (QED) is 0.623. The number of hydrogen-bond acceptors (Lipinski definition) is 3. The van der Waals surface area contributed by atoms with Crippen molar-refractivity contribution in [2.24, 2.45) is 0 Å².